The number of hydrazine groups is 1. The lowest BCUT2D eigenvalue weighted by Gasteiger charge is -2.37. The second-order valence-electron chi connectivity index (χ2n) is 10.2. The van der Waals surface area contributed by atoms with Crippen LogP contribution in [0.4, 0.5) is 37.8 Å². The molecule has 1 aliphatic carbocycles. The van der Waals surface area contributed by atoms with Crippen LogP contribution in [0.3, 0.4) is 0 Å². The van der Waals surface area contributed by atoms with Gasteiger partial charge < -0.3 is 5.32 Å². The predicted octanol–water partition coefficient (Wildman–Crippen LogP) is 6.20. The third-order valence-electron chi connectivity index (χ3n) is 7.17. The summed E-state index contributed by atoms with van der Waals surface area (Å²) >= 11 is 6.43. The van der Waals surface area contributed by atoms with E-state index in [0.29, 0.717) is 12.3 Å². The normalized spacial score (nSPS) is 19.1. The van der Waals surface area contributed by atoms with Gasteiger partial charge in [0.1, 0.15) is 22.2 Å². The minimum absolute atomic E-state index is 0.0279. The second-order valence-corrected chi connectivity index (χ2v) is 10.6. The molecular formula is C28H23ClF6N5O3+. The lowest BCUT2D eigenvalue weighted by molar-refractivity contribution is -0.598. The van der Waals surface area contributed by atoms with Gasteiger partial charge in [-0.1, -0.05) is 40.9 Å². The molecule has 0 unspecified atom stereocenters. The molecule has 15 heteroatoms. The number of hydrogen-bond acceptors (Lipinski definition) is 4. The Morgan fingerprint density at radius 2 is 1.84 bits per heavy atom. The molecule has 0 bridgehead atoms. The van der Waals surface area contributed by atoms with E-state index in [1.807, 2.05) is 0 Å². The van der Waals surface area contributed by atoms with Crippen molar-refractivity contribution in [2.45, 2.75) is 56.0 Å². The first-order valence-electron chi connectivity index (χ1n) is 13.0. The maximum atomic E-state index is 14.5. The largest absolute Gasteiger partial charge is 0.417 e. The number of hydrogen-bond donors (Lipinski definition) is 1. The number of nitrogens with one attached hydrogen (secondary N) is 1. The van der Waals surface area contributed by atoms with E-state index in [0.717, 1.165) is 28.1 Å². The highest BCUT2D eigenvalue weighted by Crippen LogP contribution is 2.40. The number of aromatic nitrogens is 1. The highest BCUT2D eigenvalue weighted by molar-refractivity contribution is 6.31. The Labute approximate surface area is 245 Å². The van der Waals surface area contributed by atoms with Gasteiger partial charge in [0.2, 0.25) is 5.91 Å². The number of rotatable bonds is 8. The molecule has 3 aromatic rings. The zero-order chi connectivity index (χ0) is 31.1. The molecule has 226 valence electrons. The molecule has 0 radical (unpaired) electrons. The van der Waals surface area contributed by atoms with E-state index in [4.69, 9.17) is 11.6 Å². The monoisotopic (exact) mass is 626 g/mol. The van der Waals surface area contributed by atoms with Crippen LogP contribution < -0.4 is 15.2 Å². The SMILES string of the molecule is O=C(NC1CC(F)(F)C1)[C@H](c1ccccc1Cl)N(c1cccc(F)c1)[N+](=O)[C@@H]1CCC(=O)N1c1ccc(C(F)(F)F)cn1. The van der Waals surface area contributed by atoms with Crippen molar-refractivity contribution >= 4 is 34.9 Å². The molecule has 8 nitrogen and oxygen atoms in total. The quantitative estimate of drug-likeness (QED) is 0.183. The molecule has 1 saturated carbocycles. The van der Waals surface area contributed by atoms with Crippen molar-refractivity contribution in [1.29, 1.82) is 0 Å². The van der Waals surface area contributed by atoms with Crippen molar-refractivity contribution in [1.82, 2.24) is 10.3 Å². The first-order chi connectivity index (χ1) is 20.2. The zero-order valence-corrected chi connectivity index (χ0v) is 22.8. The first kappa shape index (κ1) is 30.3. The molecule has 2 aromatic carbocycles. The Bertz CT molecular complexity index is 1550. The number of carbonyl (C=O) groups is 2. The van der Waals surface area contributed by atoms with Gasteiger partial charge in [-0.3, -0.25) is 9.59 Å². The number of nitrogens with zero attached hydrogens (tertiary/aromatic N) is 4. The van der Waals surface area contributed by atoms with E-state index in [-0.39, 0.29) is 39.8 Å². The van der Waals surface area contributed by atoms with Gasteiger partial charge in [0.25, 0.3) is 11.8 Å². The number of carbonyl (C=O) groups excluding carboxylic acids is 2. The molecule has 43 heavy (non-hydrogen) atoms. The van der Waals surface area contributed by atoms with Crippen molar-refractivity contribution < 1.29 is 40.8 Å². The third kappa shape index (κ3) is 6.28. The topological polar surface area (TPSA) is 85.6 Å². The van der Waals surface area contributed by atoms with Gasteiger partial charge >= 0.3 is 12.3 Å². The lowest BCUT2D eigenvalue weighted by Crippen LogP contribution is -2.56. The fourth-order valence-corrected chi connectivity index (χ4v) is 5.36. The third-order valence-corrected chi connectivity index (χ3v) is 7.52. The maximum absolute atomic E-state index is 14.5. The van der Waals surface area contributed by atoms with Gasteiger partial charge in [-0.05, 0) is 30.3 Å². The zero-order valence-electron chi connectivity index (χ0n) is 22.1. The van der Waals surface area contributed by atoms with Crippen molar-refractivity contribution in [2.24, 2.45) is 0 Å². The standard InChI is InChI=1S/C28H22ClF6N5O3/c29-21-7-2-1-6-20(21)25(26(42)37-18-13-27(31,32)14-18)39(19-5-3-4-17(30)12-19)40(43)23-10-11-24(41)38(23)22-9-8-16(15-36-22)28(33,34)35/h1-9,12,15,18,23,25H,10-11,13-14H2/p+1/t23-,25+/m1/s1. The van der Waals surface area contributed by atoms with E-state index < -0.39 is 66.4 Å². The summed E-state index contributed by atoms with van der Waals surface area (Å²) in [5.41, 5.74) is -1.15. The number of benzene rings is 2. The summed E-state index contributed by atoms with van der Waals surface area (Å²) < 4.78 is 81.0. The number of amides is 2. The molecule has 1 saturated heterocycles. The average Bonchev–Trinajstić information content (AvgIpc) is 3.31. The number of halogens is 7. The Balaban J connectivity index is 1.58. The van der Waals surface area contributed by atoms with Gasteiger partial charge in [-0.15, -0.1) is 0 Å². The van der Waals surface area contributed by atoms with Gasteiger partial charge in [0.05, 0.1) is 10.5 Å². The highest BCUT2D eigenvalue weighted by atomic mass is 35.5. The number of alkyl halides is 5. The van der Waals surface area contributed by atoms with Gasteiger partial charge in [-0.2, -0.15) is 13.2 Å². The summed E-state index contributed by atoms with van der Waals surface area (Å²) in [6.45, 7) is 0. The molecule has 2 aliphatic rings. The molecule has 5 rings (SSSR count). The van der Waals surface area contributed by atoms with Gasteiger partial charge in [0.15, 0.2) is 6.04 Å². The molecular weight excluding hydrogens is 604 g/mol. The minimum atomic E-state index is -4.70. The van der Waals surface area contributed by atoms with Crippen LogP contribution in [-0.2, 0) is 15.8 Å². The van der Waals surface area contributed by atoms with Crippen LogP contribution in [0.15, 0.2) is 66.9 Å². The number of pyridine rings is 1. The summed E-state index contributed by atoms with van der Waals surface area (Å²) in [7, 11) is 0. The van der Waals surface area contributed by atoms with E-state index in [9.17, 15) is 40.8 Å². The lowest BCUT2D eigenvalue weighted by atomic mass is 9.88. The molecule has 1 N–H and O–H groups in total. The molecule has 2 amide bonds. The van der Waals surface area contributed by atoms with Crippen LogP contribution in [0, 0.1) is 10.7 Å². The van der Waals surface area contributed by atoms with E-state index in [2.05, 4.69) is 10.3 Å². The summed E-state index contributed by atoms with van der Waals surface area (Å²) in [6, 6.07) is 9.68. The molecule has 2 heterocycles. The van der Waals surface area contributed by atoms with Crippen LogP contribution in [0.5, 0.6) is 0 Å². The fourth-order valence-electron chi connectivity index (χ4n) is 5.12. The Morgan fingerprint density at radius 3 is 2.44 bits per heavy atom. The summed E-state index contributed by atoms with van der Waals surface area (Å²) in [5, 5.41) is 3.37. The van der Waals surface area contributed by atoms with Crippen LogP contribution >= 0.6 is 11.6 Å². The summed E-state index contributed by atoms with van der Waals surface area (Å²) in [6.07, 6.45) is -7.19. The van der Waals surface area contributed by atoms with E-state index in [1.54, 1.807) is 6.07 Å². The van der Waals surface area contributed by atoms with Crippen molar-refractivity contribution in [3.05, 3.63) is 93.7 Å². The minimum Gasteiger partial charge on any atom is -0.351 e. The average molecular weight is 627 g/mol. The Morgan fingerprint density at radius 1 is 1.12 bits per heavy atom. The smallest absolute Gasteiger partial charge is 0.351 e. The van der Waals surface area contributed by atoms with Crippen LogP contribution in [0.25, 0.3) is 0 Å². The second kappa shape index (κ2) is 11.5. The van der Waals surface area contributed by atoms with Crippen molar-refractivity contribution in [2.75, 3.05) is 9.91 Å². The number of nitroso groups, excluding NO2 is 1. The summed E-state index contributed by atoms with van der Waals surface area (Å²) in [4.78, 5) is 45.9. The molecule has 0 spiro atoms. The highest BCUT2D eigenvalue weighted by Gasteiger charge is 2.52. The van der Waals surface area contributed by atoms with Crippen LogP contribution in [0.1, 0.15) is 42.9 Å². The van der Waals surface area contributed by atoms with Crippen LogP contribution in [-0.4, -0.2) is 39.8 Å². The van der Waals surface area contributed by atoms with Gasteiger partial charge in [-0.25, -0.2) is 23.1 Å². The van der Waals surface area contributed by atoms with Crippen molar-refractivity contribution in [3.8, 4) is 0 Å². The summed E-state index contributed by atoms with van der Waals surface area (Å²) in [5.74, 6) is -5.54. The first-order valence-corrected chi connectivity index (χ1v) is 13.4. The molecule has 1 aromatic heterocycles. The van der Waals surface area contributed by atoms with E-state index in [1.165, 1.54) is 30.3 Å². The van der Waals surface area contributed by atoms with E-state index >= 15 is 0 Å². The molecule has 2 atom stereocenters. The number of anilines is 2. The predicted molar refractivity (Wildman–Crippen MR) is 143 cm³/mol. The molecule has 2 fully saturated rings. The van der Waals surface area contributed by atoms with Crippen molar-refractivity contribution in [3.63, 3.8) is 0 Å². The molecule has 1 aliphatic heterocycles. The van der Waals surface area contributed by atoms with Gasteiger partial charge in [0, 0.05) is 54.6 Å². The maximum Gasteiger partial charge on any atom is 0.417 e. The Kier molecular flexibility index (Phi) is 8.07. The fraction of sp³-hybridized carbons (Fsp3) is 0.321. The van der Waals surface area contributed by atoms with Crippen LogP contribution in [0.2, 0.25) is 5.02 Å². The Hall–Kier alpha value is -4.20.